The first-order chi connectivity index (χ1) is 25.7. The van der Waals surface area contributed by atoms with Crippen LogP contribution >= 0.6 is 0 Å². The van der Waals surface area contributed by atoms with Crippen molar-refractivity contribution in [3.63, 3.8) is 0 Å². The summed E-state index contributed by atoms with van der Waals surface area (Å²) in [6.07, 6.45) is 2.35. The van der Waals surface area contributed by atoms with Gasteiger partial charge in [0.15, 0.2) is 11.6 Å². The van der Waals surface area contributed by atoms with Crippen molar-refractivity contribution >= 4 is 43.6 Å². The molecule has 53 heavy (non-hydrogen) atoms. The molecule has 0 atom stereocenters. The fourth-order valence-electron chi connectivity index (χ4n) is 8.64. The third-order valence-electron chi connectivity index (χ3n) is 11.5. The Hall–Kier alpha value is -6.14. The quantitative estimate of drug-likeness (QED) is 0.185. The van der Waals surface area contributed by atoms with E-state index in [4.69, 9.17) is 15.0 Å². The molecule has 6 aromatic carbocycles. The second-order valence-corrected chi connectivity index (χ2v) is 15.7. The lowest BCUT2D eigenvalue weighted by molar-refractivity contribution is 0.332. The Morgan fingerprint density at radius 3 is 1.66 bits per heavy atom. The van der Waals surface area contributed by atoms with Gasteiger partial charge in [0.05, 0.1) is 22.1 Å². The predicted molar refractivity (Wildman–Crippen MR) is 215 cm³/mol. The maximum Gasteiger partial charge on any atom is 0.238 e. The van der Waals surface area contributed by atoms with E-state index in [1.165, 1.54) is 51.7 Å². The van der Waals surface area contributed by atoms with Crippen molar-refractivity contribution in [3.8, 4) is 34.4 Å². The fraction of sp³-hybridized carbons (Fsp3) is 0.170. The van der Waals surface area contributed by atoms with Crippen molar-refractivity contribution in [1.29, 1.82) is 0 Å². The van der Waals surface area contributed by atoms with Gasteiger partial charge in [-0.2, -0.15) is 9.97 Å². The van der Waals surface area contributed by atoms with Crippen LogP contribution in [0.15, 0.2) is 133 Å². The Balaban J connectivity index is 1.27. The number of halogens is 1. The minimum atomic E-state index is -0.306. The summed E-state index contributed by atoms with van der Waals surface area (Å²) in [4.78, 5) is 15.1. The van der Waals surface area contributed by atoms with Gasteiger partial charge in [0, 0.05) is 38.4 Å². The van der Waals surface area contributed by atoms with Gasteiger partial charge >= 0.3 is 0 Å². The molecule has 0 radical (unpaired) electrons. The van der Waals surface area contributed by atoms with Crippen LogP contribution in [-0.4, -0.2) is 24.1 Å². The average Bonchev–Trinajstić information content (AvgIpc) is 3.70. The molecule has 0 aliphatic heterocycles. The molecule has 3 aromatic heterocycles. The van der Waals surface area contributed by atoms with Gasteiger partial charge in [-0.25, -0.2) is 9.37 Å². The maximum absolute atomic E-state index is 14.0. The summed E-state index contributed by atoms with van der Waals surface area (Å²) in [5.41, 5.74) is 10.2. The molecule has 10 rings (SSSR count). The van der Waals surface area contributed by atoms with Crippen LogP contribution in [0.25, 0.3) is 78.0 Å². The van der Waals surface area contributed by atoms with E-state index in [-0.39, 0.29) is 16.6 Å². The van der Waals surface area contributed by atoms with Crippen LogP contribution < -0.4 is 0 Å². The lowest BCUT2D eigenvalue weighted by atomic mass is 9.63. The van der Waals surface area contributed by atoms with Crippen LogP contribution in [0, 0.1) is 5.82 Å². The number of aromatic nitrogens is 5. The Kier molecular flexibility index (Phi) is 6.81. The van der Waals surface area contributed by atoms with Gasteiger partial charge in [-0.3, -0.25) is 4.57 Å². The molecule has 5 nitrogen and oxygen atoms in total. The van der Waals surface area contributed by atoms with Gasteiger partial charge < -0.3 is 4.57 Å². The standard InChI is InChI=1S/C47H38FN5/c1-46(2)26-27-47(3,4)36-28-32(22-23-35(36)46)52-37-16-10-8-14-33(37)41-39(52)24-25-40-42(41)34-15-9-11-17-38(34)53(40)45-50-43(29-12-6-5-7-13-29)49-44(51-45)30-18-20-31(48)21-19-30/h5-25,28H,26-27H2,1-4H3. The first kappa shape index (κ1) is 31.6. The largest absolute Gasteiger partial charge is 0.309 e. The van der Waals surface area contributed by atoms with E-state index in [1.807, 2.05) is 30.3 Å². The number of rotatable bonds is 4. The molecule has 6 heteroatoms. The summed E-state index contributed by atoms with van der Waals surface area (Å²) in [7, 11) is 0. The van der Waals surface area contributed by atoms with E-state index in [1.54, 1.807) is 12.1 Å². The van der Waals surface area contributed by atoms with E-state index in [0.29, 0.717) is 17.6 Å². The molecule has 0 bridgehead atoms. The first-order valence-corrected chi connectivity index (χ1v) is 18.4. The number of nitrogens with zero attached hydrogens (tertiary/aromatic N) is 5. The van der Waals surface area contributed by atoms with Gasteiger partial charge in [0.25, 0.3) is 0 Å². The molecule has 1 aliphatic carbocycles. The van der Waals surface area contributed by atoms with Crippen LogP contribution in [0.3, 0.4) is 0 Å². The van der Waals surface area contributed by atoms with Crippen LogP contribution in [-0.2, 0) is 10.8 Å². The molecule has 0 saturated heterocycles. The van der Waals surface area contributed by atoms with Crippen LogP contribution in [0.4, 0.5) is 4.39 Å². The normalized spacial score (nSPS) is 15.0. The SMILES string of the molecule is CC1(C)CCC(C)(C)c2cc(-n3c4ccccc4c4c5c6ccccc6n(-c6nc(-c7ccccc7)nc(-c7ccc(F)cc7)n6)c5ccc43)ccc21. The van der Waals surface area contributed by atoms with Gasteiger partial charge in [-0.05, 0) is 95.5 Å². The first-order valence-electron chi connectivity index (χ1n) is 18.4. The summed E-state index contributed by atoms with van der Waals surface area (Å²) >= 11 is 0. The second kappa shape index (κ2) is 11.4. The Labute approximate surface area is 307 Å². The second-order valence-electron chi connectivity index (χ2n) is 15.7. The van der Waals surface area contributed by atoms with Crippen molar-refractivity contribution in [1.82, 2.24) is 24.1 Å². The van der Waals surface area contributed by atoms with Gasteiger partial charge in [0.1, 0.15) is 5.82 Å². The number of benzene rings is 6. The lowest BCUT2D eigenvalue weighted by Gasteiger charge is -2.42. The van der Waals surface area contributed by atoms with E-state index < -0.39 is 0 Å². The third kappa shape index (κ3) is 4.85. The molecule has 9 aromatic rings. The summed E-state index contributed by atoms with van der Waals surface area (Å²) in [5, 5.41) is 4.66. The van der Waals surface area contributed by atoms with Gasteiger partial charge in [-0.1, -0.05) is 100 Å². The molecular formula is C47H38FN5. The zero-order valence-electron chi connectivity index (χ0n) is 30.2. The molecule has 0 unspecified atom stereocenters. The van der Waals surface area contributed by atoms with Crippen molar-refractivity contribution in [2.24, 2.45) is 0 Å². The van der Waals surface area contributed by atoms with Crippen molar-refractivity contribution in [2.45, 2.75) is 51.4 Å². The summed E-state index contributed by atoms with van der Waals surface area (Å²) in [6, 6.07) is 45.1. The minimum absolute atomic E-state index is 0.0935. The smallest absolute Gasteiger partial charge is 0.238 e. The number of fused-ring (bicyclic) bond motifs is 8. The summed E-state index contributed by atoms with van der Waals surface area (Å²) in [6.45, 7) is 9.54. The highest BCUT2D eigenvalue weighted by Crippen LogP contribution is 2.48. The van der Waals surface area contributed by atoms with Crippen molar-refractivity contribution < 1.29 is 4.39 Å². The van der Waals surface area contributed by atoms with Crippen molar-refractivity contribution in [3.05, 3.63) is 150 Å². The monoisotopic (exact) mass is 691 g/mol. The van der Waals surface area contributed by atoms with Crippen molar-refractivity contribution in [2.75, 3.05) is 0 Å². The van der Waals surface area contributed by atoms with Gasteiger partial charge in [0.2, 0.25) is 5.95 Å². The van der Waals surface area contributed by atoms with Crippen LogP contribution in [0.5, 0.6) is 0 Å². The van der Waals surface area contributed by atoms with E-state index in [9.17, 15) is 4.39 Å². The lowest BCUT2D eigenvalue weighted by Crippen LogP contribution is -2.33. The van der Waals surface area contributed by atoms with E-state index in [2.05, 4.69) is 116 Å². The molecule has 1 aliphatic rings. The van der Waals surface area contributed by atoms with Crippen LogP contribution in [0.1, 0.15) is 51.7 Å². The number of para-hydroxylation sites is 2. The molecule has 258 valence electrons. The highest BCUT2D eigenvalue weighted by Gasteiger charge is 2.37. The Bertz CT molecular complexity index is 2900. The summed E-state index contributed by atoms with van der Waals surface area (Å²) < 4.78 is 18.6. The third-order valence-corrected chi connectivity index (χ3v) is 11.5. The Morgan fingerprint density at radius 1 is 0.491 bits per heavy atom. The number of hydrogen-bond donors (Lipinski definition) is 0. The van der Waals surface area contributed by atoms with Crippen LogP contribution in [0.2, 0.25) is 0 Å². The highest BCUT2D eigenvalue weighted by atomic mass is 19.1. The Morgan fingerprint density at radius 2 is 1.02 bits per heavy atom. The average molecular weight is 692 g/mol. The molecule has 0 fully saturated rings. The van der Waals surface area contributed by atoms with E-state index >= 15 is 0 Å². The number of hydrogen-bond acceptors (Lipinski definition) is 3. The predicted octanol–water partition coefficient (Wildman–Crippen LogP) is 11.9. The molecule has 0 N–H and O–H groups in total. The minimum Gasteiger partial charge on any atom is -0.309 e. The summed E-state index contributed by atoms with van der Waals surface area (Å²) in [5.74, 6) is 1.24. The fourth-order valence-corrected chi connectivity index (χ4v) is 8.64. The zero-order chi connectivity index (χ0) is 36.1. The zero-order valence-corrected chi connectivity index (χ0v) is 30.2. The molecular weight excluding hydrogens is 654 g/mol. The maximum atomic E-state index is 14.0. The topological polar surface area (TPSA) is 48.5 Å². The highest BCUT2D eigenvalue weighted by molar-refractivity contribution is 6.28. The molecule has 3 heterocycles. The molecule has 0 spiro atoms. The van der Waals surface area contributed by atoms with E-state index in [0.717, 1.165) is 44.9 Å². The molecule has 0 saturated carbocycles. The van der Waals surface area contributed by atoms with Gasteiger partial charge in [-0.15, -0.1) is 0 Å². The molecule has 0 amide bonds.